The second-order valence-electron chi connectivity index (χ2n) is 3.73. The minimum Gasteiger partial charge on any atom is -0.508 e. The first-order valence-corrected chi connectivity index (χ1v) is 5.14. The molecule has 0 heterocycles. The molecule has 92 valence electrons. The topological polar surface area (TPSA) is 89.8 Å². The van der Waals surface area contributed by atoms with Crippen LogP contribution in [0.15, 0.2) is 36.4 Å². The highest BCUT2D eigenvalue weighted by atomic mass is 16.5. The molecular formula is C12H15NO4. The molecule has 0 spiro atoms. The molecule has 1 aromatic carbocycles. The van der Waals surface area contributed by atoms with E-state index in [1.807, 2.05) is 0 Å². The van der Waals surface area contributed by atoms with E-state index in [-0.39, 0.29) is 11.7 Å². The molecule has 0 radical (unpaired) electrons. The van der Waals surface area contributed by atoms with E-state index in [0.717, 1.165) is 6.08 Å². The molecule has 17 heavy (non-hydrogen) atoms. The van der Waals surface area contributed by atoms with Crippen LogP contribution in [0.1, 0.15) is 18.6 Å². The summed E-state index contributed by atoms with van der Waals surface area (Å²) in [6.45, 7) is 1.73. The molecule has 0 fully saturated rings. The number of aliphatic hydroxyl groups excluding tert-OH is 1. The number of carbonyl (C=O) groups is 1. The predicted octanol–water partition coefficient (Wildman–Crippen LogP) is 1.12. The summed E-state index contributed by atoms with van der Waals surface area (Å²) in [5, 5.41) is 27.3. The third kappa shape index (κ3) is 3.90. The number of amides is 1. The van der Waals surface area contributed by atoms with Gasteiger partial charge in [0.15, 0.2) is 0 Å². The molecule has 1 rings (SSSR count). The second kappa shape index (κ2) is 6.03. The zero-order valence-corrected chi connectivity index (χ0v) is 9.37. The van der Waals surface area contributed by atoms with Crippen LogP contribution in [0.25, 0.3) is 0 Å². The summed E-state index contributed by atoms with van der Waals surface area (Å²) in [4.78, 5) is 10.8. The van der Waals surface area contributed by atoms with Crippen LogP contribution in [0.3, 0.4) is 0 Å². The van der Waals surface area contributed by atoms with E-state index in [2.05, 4.69) is 0 Å². The molecule has 0 aliphatic carbocycles. The Kier molecular flexibility index (Phi) is 4.68. The van der Waals surface area contributed by atoms with Gasteiger partial charge < -0.3 is 10.2 Å². The summed E-state index contributed by atoms with van der Waals surface area (Å²) in [6.07, 6.45) is 1.86. The lowest BCUT2D eigenvalue weighted by molar-refractivity contribution is -0.124. The van der Waals surface area contributed by atoms with E-state index in [1.54, 1.807) is 19.1 Å². The summed E-state index contributed by atoms with van der Waals surface area (Å²) >= 11 is 0. The molecule has 5 heteroatoms. The Morgan fingerprint density at radius 3 is 2.47 bits per heavy atom. The average Bonchev–Trinajstić information content (AvgIpc) is 2.35. The zero-order chi connectivity index (χ0) is 12.8. The molecule has 1 aromatic rings. The minimum absolute atomic E-state index is 0.129. The quantitative estimate of drug-likeness (QED) is 0.359. The highest BCUT2D eigenvalue weighted by molar-refractivity contribution is 5.86. The van der Waals surface area contributed by atoms with Crippen molar-refractivity contribution in [3.05, 3.63) is 42.0 Å². The van der Waals surface area contributed by atoms with E-state index < -0.39 is 12.0 Å². The van der Waals surface area contributed by atoms with Crippen LogP contribution < -0.4 is 5.48 Å². The summed E-state index contributed by atoms with van der Waals surface area (Å²) in [6, 6.07) is 6.18. The molecule has 0 bridgehead atoms. The first kappa shape index (κ1) is 13.2. The molecule has 0 saturated heterocycles. The molecule has 0 unspecified atom stereocenters. The van der Waals surface area contributed by atoms with Crippen LogP contribution in [0.2, 0.25) is 0 Å². The summed E-state index contributed by atoms with van der Waals surface area (Å²) in [7, 11) is 0. The van der Waals surface area contributed by atoms with E-state index in [0.29, 0.717) is 5.56 Å². The first-order chi connectivity index (χ1) is 8.04. The zero-order valence-electron chi connectivity index (χ0n) is 9.37. The monoisotopic (exact) mass is 237 g/mol. The first-order valence-electron chi connectivity index (χ1n) is 5.14. The van der Waals surface area contributed by atoms with E-state index in [4.69, 9.17) is 10.3 Å². The summed E-state index contributed by atoms with van der Waals surface area (Å²) in [5.41, 5.74) is 2.11. The van der Waals surface area contributed by atoms with Gasteiger partial charge in [-0.15, -0.1) is 0 Å². The van der Waals surface area contributed by atoms with Gasteiger partial charge in [-0.1, -0.05) is 25.1 Å². The lowest BCUT2D eigenvalue weighted by atomic mass is 9.97. The van der Waals surface area contributed by atoms with Crippen molar-refractivity contribution in [1.29, 1.82) is 0 Å². The van der Waals surface area contributed by atoms with Crippen LogP contribution in [0, 0.1) is 5.92 Å². The van der Waals surface area contributed by atoms with Crippen molar-refractivity contribution in [3.63, 3.8) is 0 Å². The third-order valence-corrected chi connectivity index (χ3v) is 2.39. The van der Waals surface area contributed by atoms with Crippen LogP contribution in [0.4, 0.5) is 0 Å². The Morgan fingerprint density at radius 2 is 1.94 bits per heavy atom. The van der Waals surface area contributed by atoms with Gasteiger partial charge in [-0.2, -0.15) is 0 Å². The van der Waals surface area contributed by atoms with Crippen molar-refractivity contribution < 1.29 is 20.2 Å². The molecule has 0 aliphatic rings. The number of hydroxylamine groups is 1. The number of rotatable bonds is 4. The maximum absolute atomic E-state index is 10.8. The molecule has 0 aromatic heterocycles. The Balaban J connectivity index is 2.69. The van der Waals surface area contributed by atoms with Crippen molar-refractivity contribution in [2.75, 3.05) is 0 Å². The minimum atomic E-state index is -0.779. The Bertz CT molecular complexity index is 399. The number of aliphatic hydroxyl groups is 1. The van der Waals surface area contributed by atoms with E-state index >= 15 is 0 Å². The number of hydrogen-bond donors (Lipinski definition) is 4. The van der Waals surface area contributed by atoms with Gasteiger partial charge in [0.2, 0.25) is 0 Å². The van der Waals surface area contributed by atoms with Gasteiger partial charge >= 0.3 is 0 Å². The van der Waals surface area contributed by atoms with Crippen molar-refractivity contribution in [3.8, 4) is 5.75 Å². The largest absolute Gasteiger partial charge is 0.508 e. The van der Waals surface area contributed by atoms with E-state index in [1.165, 1.54) is 23.7 Å². The van der Waals surface area contributed by atoms with Crippen LogP contribution in [-0.2, 0) is 4.79 Å². The van der Waals surface area contributed by atoms with Gasteiger partial charge in [0, 0.05) is 12.0 Å². The Hall–Kier alpha value is -1.85. The van der Waals surface area contributed by atoms with Gasteiger partial charge in [0.25, 0.3) is 5.91 Å². The number of hydrogen-bond acceptors (Lipinski definition) is 4. The number of benzene rings is 1. The Morgan fingerprint density at radius 1 is 1.35 bits per heavy atom. The normalized spacial score (nSPS) is 14.5. The number of aromatic hydroxyl groups is 1. The SMILES string of the molecule is C[C@@H](/C=C/C(=O)NO)[C@H](O)c1ccc(O)cc1. The maximum atomic E-state index is 10.8. The number of carbonyl (C=O) groups excluding carboxylic acids is 1. The number of nitrogens with one attached hydrogen (secondary N) is 1. The highest BCUT2D eigenvalue weighted by Gasteiger charge is 2.13. The molecule has 1 amide bonds. The number of phenolic OH excluding ortho intramolecular Hbond substituents is 1. The fourth-order valence-electron chi connectivity index (χ4n) is 1.36. The highest BCUT2D eigenvalue weighted by Crippen LogP contribution is 2.24. The lowest BCUT2D eigenvalue weighted by Gasteiger charge is -2.15. The second-order valence-corrected chi connectivity index (χ2v) is 3.73. The molecule has 2 atom stereocenters. The van der Waals surface area contributed by atoms with Gasteiger partial charge in [0.1, 0.15) is 5.75 Å². The molecule has 0 aliphatic heterocycles. The maximum Gasteiger partial charge on any atom is 0.267 e. The predicted molar refractivity (Wildman–Crippen MR) is 61.3 cm³/mol. The van der Waals surface area contributed by atoms with Gasteiger partial charge in [-0.25, -0.2) is 5.48 Å². The van der Waals surface area contributed by atoms with Crippen molar-refractivity contribution in [2.45, 2.75) is 13.0 Å². The average molecular weight is 237 g/mol. The standard InChI is InChI=1S/C12H15NO4/c1-8(2-7-11(15)13-17)12(16)9-3-5-10(14)6-4-9/h2-8,12,14,16-17H,1H3,(H,13,15)/b7-2+/t8-,12-/m0/s1. The van der Waals surface area contributed by atoms with Crippen LogP contribution in [0.5, 0.6) is 5.75 Å². The smallest absolute Gasteiger partial charge is 0.267 e. The van der Waals surface area contributed by atoms with Crippen LogP contribution in [-0.4, -0.2) is 21.3 Å². The molecular weight excluding hydrogens is 222 g/mol. The summed E-state index contributed by atoms with van der Waals surface area (Å²) < 4.78 is 0. The van der Waals surface area contributed by atoms with Crippen molar-refractivity contribution in [1.82, 2.24) is 5.48 Å². The fourth-order valence-corrected chi connectivity index (χ4v) is 1.36. The number of phenols is 1. The summed E-state index contributed by atoms with van der Waals surface area (Å²) in [5.74, 6) is -0.810. The molecule has 5 nitrogen and oxygen atoms in total. The Labute approximate surface area is 99.0 Å². The van der Waals surface area contributed by atoms with Crippen molar-refractivity contribution >= 4 is 5.91 Å². The van der Waals surface area contributed by atoms with Crippen molar-refractivity contribution in [2.24, 2.45) is 5.92 Å². The van der Waals surface area contributed by atoms with E-state index in [9.17, 15) is 9.90 Å². The third-order valence-electron chi connectivity index (χ3n) is 2.39. The van der Waals surface area contributed by atoms with Gasteiger partial charge in [-0.05, 0) is 17.7 Å². The molecule has 4 N–H and O–H groups in total. The lowest BCUT2D eigenvalue weighted by Crippen LogP contribution is -2.16. The fraction of sp³-hybridized carbons (Fsp3) is 0.250. The van der Waals surface area contributed by atoms with Crippen LogP contribution >= 0.6 is 0 Å². The van der Waals surface area contributed by atoms with Gasteiger partial charge in [-0.3, -0.25) is 10.0 Å². The van der Waals surface area contributed by atoms with Gasteiger partial charge in [0.05, 0.1) is 6.10 Å². The molecule has 0 saturated carbocycles.